The van der Waals surface area contributed by atoms with Crippen LogP contribution in [0.2, 0.25) is 10.0 Å². The summed E-state index contributed by atoms with van der Waals surface area (Å²) in [5.41, 5.74) is 3.70. The van der Waals surface area contributed by atoms with Crippen LogP contribution < -0.4 is 10.1 Å². The van der Waals surface area contributed by atoms with Crippen molar-refractivity contribution in [2.75, 3.05) is 12.3 Å². The molecule has 0 aromatic heterocycles. The Morgan fingerprint density at radius 3 is 2.61 bits per heavy atom. The summed E-state index contributed by atoms with van der Waals surface area (Å²) in [6.45, 7) is 2.36. The molecule has 6 heteroatoms. The molecule has 0 aliphatic heterocycles. The van der Waals surface area contributed by atoms with E-state index in [4.69, 9.17) is 27.9 Å². The molecule has 0 heterocycles. The van der Waals surface area contributed by atoms with E-state index in [0.29, 0.717) is 16.6 Å². The second-order valence-corrected chi connectivity index (χ2v) is 8.86. The van der Waals surface area contributed by atoms with Crippen LogP contribution in [0.1, 0.15) is 36.5 Å². The summed E-state index contributed by atoms with van der Waals surface area (Å²) in [5, 5.41) is 4.28. The third kappa shape index (κ3) is 5.82. The summed E-state index contributed by atoms with van der Waals surface area (Å²) < 4.78 is 5.85. The maximum absolute atomic E-state index is 12.3. The lowest BCUT2D eigenvalue weighted by atomic mass is 9.92. The van der Waals surface area contributed by atoms with Crippen molar-refractivity contribution in [1.29, 1.82) is 0 Å². The minimum atomic E-state index is -0.523. The van der Waals surface area contributed by atoms with Gasteiger partial charge in [-0.05, 0) is 73.6 Å². The summed E-state index contributed by atoms with van der Waals surface area (Å²) in [5.74, 6) is 2.16. The molecule has 0 saturated heterocycles. The van der Waals surface area contributed by atoms with Gasteiger partial charge in [-0.3, -0.25) is 4.79 Å². The van der Waals surface area contributed by atoms with Crippen LogP contribution in [0, 0.1) is 0 Å². The fourth-order valence-electron chi connectivity index (χ4n) is 3.28. The highest BCUT2D eigenvalue weighted by atomic mass is 35.5. The average molecular weight is 438 g/mol. The van der Waals surface area contributed by atoms with Gasteiger partial charge in [0.15, 0.2) is 6.10 Å². The SMILES string of the molecule is C[C@H](Oc1ccc2c(c1)CCCC2)C(=O)NCCSCc1c(Cl)cccc1Cl. The first kappa shape index (κ1) is 21.4. The largest absolute Gasteiger partial charge is 0.481 e. The zero-order chi connectivity index (χ0) is 19.9. The number of halogens is 2. The van der Waals surface area contributed by atoms with Crippen molar-refractivity contribution >= 4 is 40.9 Å². The molecule has 150 valence electrons. The van der Waals surface area contributed by atoms with Crippen molar-refractivity contribution in [3.63, 3.8) is 0 Å². The first-order valence-corrected chi connectivity index (χ1v) is 11.5. The second-order valence-electron chi connectivity index (χ2n) is 6.94. The maximum atomic E-state index is 12.3. The van der Waals surface area contributed by atoms with Gasteiger partial charge in [0.2, 0.25) is 0 Å². The van der Waals surface area contributed by atoms with E-state index in [1.54, 1.807) is 18.7 Å². The highest BCUT2D eigenvalue weighted by Crippen LogP contribution is 2.28. The van der Waals surface area contributed by atoms with Crippen molar-refractivity contribution in [2.45, 2.75) is 44.5 Å². The van der Waals surface area contributed by atoms with Crippen molar-refractivity contribution in [2.24, 2.45) is 0 Å². The number of carbonyl (C=O) groups excluding carboxylic acids is 1. The smallest absolute Gasteiger partial charge is 0.260 e. The van der Waals surface area contributed by atoms with E-state index in [9.17, 15) is 4.79 Å². The maximum Gasteiger partial charge on any atom is 0.260 e. The van der Waals surface area contributed by atoms with E-state index in [1.165, 1.54) is 24.0 Å². The van der Waals surface area contributed by atoms with E-state index >= 15 is 0 Å². The summed E-state index contributed by atoms with van der Waals surface area (Å²) in [6.07, 6.45) is 4.20. The molecule has 0 bridgehead atoms. The van der Waals surface area contributed by atoms with E-state index in [2.05, 4.69) is 17.4 Å². The van der Waals surface area contributed by atoms with Gasteiger partial charge in [0, 0.05) is 28.1 Å². The summed E-state index contributed by atoms with van der Waals surface area (Å²) in [7, 11) is 0. The first-order valence-electron chi connectivity index (χ1n) is 9.61. The molecule has 0 spiro atoms. The second kappa shape index (κ2) is 10.4. The van der Waals surface area contributed by atoms with Crippen molar-refractivity contribution in [3.8, 4) is 5.75 Å². The topological polar surface area (TPSA) is 38.3 Å². The molecule has 0 radical (unpaired) electrons. The fraction of sp³-hybridized carbons (Fsp3) is 0.409. The molecule has 2 aromatic carbocycles. The van der Waals surface area contributed by atoms with Crippen LogP contribution in [0.15, 0.2) is 36.4 Å². The summed E-state index contributed by atoms with van der Waals surface area (Å²) in [4.78, 5) is 12.3. The van der Waals surface area contributed by atoms with Crippen molar-refractivity contribution < 1.29 is 9.53 Å². The number of fused-ring (bicyclic) bond motifs is 1. The number of rotatable bonds is 8. The number of ether oxygens (including phenoxy) is 1. The Hall–Kier alpha value is -1.36. The lowest BCUT2D eigenvalue weighted by Gasteiger charge is -2.19. The molecule has 1 aliphatic carbocycles. The fourth-order valence-corrected chi connectivity index (χ4v) is 4.87. The standard InChI is InChI=1S/C22H25Cl2NO2S/c1-15(27-18-10-9-16-5-2-3-6-17(16)13-18)22(26)25-11-12-28-14-19-20(23)7-4-8-21(19)24/h4,7-10,13,15H,2-3,5-6,11-12,14H2,1H3,(H,25,26)/t15-/m0/s1. The molecule has 3 rings (SSSR count). The predicted molar refractivity (Wildman–Crippen MR) is 119 cm³/mol. The Bertz CT molecular complexity index is 808. The summed E-state index contributed by atoms with van der Waals surface area (Å²) in [6, 6.07) is 11.7. The zero-order valence-electron chi connectivity index (χ0n) is 16.0. The van der Waals surface area contributed by atoms with Crippen LogP contribution in [-0.2, 0) is 23.4 Å². The summed E-state index contributed by atoms with van der Waals surface area (Å²) >= 11 is 14.0. The minimum Gasteiger partial charge on any atom is -0.481 e. The van der Waals surface area contributed by atoms with Gasteiger partial charge in [-0.1, -0.05) is 35.3 Å². The third-order valence-corrected chi connectivity index (χ3v) is 6.55. The number of hydrogen-bond donors (Lipinski definition) is 1. The number of thioether (sulfide) groups is 1. The predicted octanol–water partition coefficient (Wildman–Crippen LogP) is 5.69. The van der Waals surface area contributed by atoms with Gasteiger partial charge in [-0.25, -0.2) is 0 Å². The first-order chi connectivity index (χ1) is 13.5. The monoisotopic (exact) mass is 437 g/mol. The quantitative estimate of drug-likeness (QED) is 0.538. The molecule has 1 atom stereocenters. The highest BCUT2D eigenvalue weighted by Gasteiger charge is 2.16. The number of benzene rings is 2. The Morgan fingerprint density at radius 1 is 1.14 bits per heavy atom. The van der Waals surface area contributed by atoms with E-state index in [0.717, 1.165) is 35.7 Å². The van der Waals surface area contributed by atoms with Crippen LogP contribution in [0.4, 0.5) is 0 Å². The van der Waals surface area contributed by atoms with Gasteiger partial charge < -0.3 is 10.1 Å². The molecule has 3 nitrogen and oxygen atoms in total. The van der Waals surface area contributed by atoms with E-state index in [1.807, 2.05) is 24.3 Å². The Balaban J connectivity index is 1.40. The lowest BCUT2D eigenvalue weighted by molar-refractivity contribution is -0.127. The number of hydrogen-bond acceptors (Lipinski definition) is 3. The van der Waals surface area contributed by atoms with Crippen LogP contribution in [0.25, 0.3) is 0 Å². The van der Waals surface area contributed by atoms with Gasteiger partial charge in [0.25, 0.3) is 5.91 Å². The number of carbonyl (C=O) groups is 1. The number of aryl methyl sites for hydroxylation is 2. The zero-order valence-corrected chi connectivity index (χ0v) is 18.3. The molecular weight excluding hydrogens is 413 g/mol. The highest BCUT2D eigenvalue weighted by molar-refractivity contribution is 7.98. The molecule has 1 N–H and O–H groups in total. The number of amides is 1. The minimum absolute atomic E-state index is 0.103. The Labute approximate surface area is 181 Å². The molecular formula is C22H25Cl2NO2S. The van der Waals surface area contributed by atoms with E-state index in [-0.39, 0.29) is 5.91 Å². The van der Waals surface area contributed by atoms with Crippen LogP contribution in [0.5, 0.6) is 5.75 Å². The average Bonchev–Trinajstić information content (AvgIpc) is 2.69. The van der Waals surface area contributed by atoms with E-state index < -0.39 is 6.10 Å². The van der Waals surface area contributed by atoms with Gasteiger partial charge >= 0.3 is 0 Å². The van der Waals surface area contributed by atoms with Gasteiger partial charge in [-0.15, -0.1) is 0 Å². The molecule has 1 aliphatic rings. The normalized spacial score (nSPS) is 14.2. The van der Waals surface area contributed by atoms with Crippen molar-refractivity contribution in [3.05, 3.63) is 63.1 Å². The molecule has 1 amide bonds. The van der Waals surface area contributed by atoms with Crippen LogP contribution in [0.3, 0.4) is 0 Å². The molecule has 2 aromatic rings. The van der Waals surface area contributed by atoms with Crippen LogP contribution >= 0.6 is 35.0 Å². The third-order valence-electron chi connectivity index (χ3n) is 4.86. The lowest BCUT2D eigenvalue weighted by Crippen LogP contribution is -2.37. The molecule has 0 saturated carbocycles. The van der Waals surface area contributed by atoms with Crippen molar-refractivity contribution in [1.82, 2.24) is 5.32 Å². The van der Waals surface area contributed by atoms with Gasteiger partial charge in [0.1, 0.15) is 5.75 Å². The molecule has 0 unspecified atom stereocenters. The van der Waals surface area contributed by atoms with Gasteiger partial charge in [0.05, 0.1) is 0 Å². The molecule has 0 fully saturated rings. The Kier molecular flexibility index (Phi) is 7.95. The van der Waals surface area contributed by atoms with Crippen LogP contribution in [-0.4, -0.2) is 24.3 Å². The molecule has 28 heavy (non-hydrogen) atoms. The van der Waals surface area contributed by atoms with Gasteiger partial charge in [-0.2, -0.15) is 11.8 Å². The number of nitrogens with one attached hydrogen (secondary N) is 1. The Morgan fingerprint density at radius 2 is 1.86 bits per heavy atom.